The third-order valence-electron chi connectivity index (χ3n) is 4.45. The minimum Gasteiger partial charge on any atom is -0.361 e. The van der Waals surface area contributed by atoms with Gasteiger partial charge in [0.25, 0.3) is 5.91 Å². The lowest BCUT2D eigenvalue weighted by molar-refractivity contribution is 0.0730. The Balaban J connectivity index is 1.51. The molecular weight excluding hydrogens is 346 g/mol. The normalized spacial score (nSPS) is 13.5. The molecule has 0 bridgehead atoms. The standard InChI is InChI=1S/C20H19N3O2S/c1-14-11-17(22-25-14)13-26-19-18(7-4-9-21-19)20(24)23-10-8-15-5-2-3-6-16(15)12-23/h2-7,9,11H,8,10,12-13H2,1H3. The maximum atomic E-state index is 13.1. The van der Waals surface area contributed by atoms with Crippen molar-refractivity contribution in [1.82, 2.24) is 15.0 Å². The largest absolute Gasteiger partial charge is 0.361 e. The summed E-state index contributed by atoms with van der Waals surface area (Å²) in [4.78, 5) is 19.4. The second-order valence-corrected chi connectivity index (χ2v) is 7.28. The van der Waals surface area contributed by atoms with Gasteiger partial charge in [0.15, 0.2) is 0 Å². The molecule has 1 aliphatic heterocycles. The molecule has 3 aromatic rings. The van der Waals surface area contributed by atoms with Gasteiger partial charge in [-0.25, -0.2) is 4.98 Å². The first-order valence-corrected chi connectivity index (χ1v) is 9.55. The molecule has 0 N–H and O–H groups in total. The lowest BCUT2D eigenvalue weighted by Crippen LogP contribution is -2.36. The fraction of sp³-hybridized carbons (Fsp3) is 0.250. The molecule has 0 spiro atoms. The summed E-state index contributed by atoms with van der Waals surface area (Å²) in [7, 11) is 0. The van der Waals surface area contributed by atoms with E-state index in [1.807, 2.05) is 36.1 Å². The highest BCUT2D eigenvalue weighted by molar-refractivity contribution is 7.98. The molecule has 0 saturated carbocycles. The minimum atomic E-state index is 0.0337. The van der Waals surface area contributed by atoms with Crippen molar-refractivity contribution in [3.05, 3.63) is 76.8 Å². The predicted octanol–water partition coefficient (Wildman–Crippen LogP) is 3.87. The van der Waals surface area contributed by atoms with Gasteiger partial charge in [-0.3, -0.25) is 4.79 Å². The first-order chi connectivity index (χ1) is 12.7. The van der Waals surface area contributed by atoms with Crippen LogP contribution in [0.1, 0.15) is 32.9 Å². The molecule has 0 unspecified atom stereocenters. The van der Waals surface area contributed by atoms with E-state index in [4.69, 9.17) is 4.52 Å². The molecule has 5 nitrogen and oxygen atoms in total. The minimum absolute atomic E-state index is 0.0337. The number of thioether (sulfide) groups is 1. The van der Waals surface area contributed by atoms with Gasteiger partial charge in [-0.1, -0.05) is 41.2 Å². The highest BCUT2D eigenvalue weighted by Gasteiger charge is 2.24. The average Bonchev–Trinajstić information content (AvgIpc) is 3.11. The van der Waals surface area contributed by atoms with Crippen LogP contribution in [0, 0.1) is 6.92 Å². The smallest absolute Gasteiger partial charge is 0.256 e. The van der Waals surface area contributed by atoms with Crippen LogP contribution in [0.4, 0.5) is 0 Å². The summed E-state index contributed by atoms with van der Waals surface area (Å²) in [6, 6.07) is 13.9. The molecule has 0 radical (unpaired) electrons. The van der Waals surface area contributed by atoms with Crippen LogP contribution in [0.2, 0.25) is 0 Å². The Labute approximate surface area is 156 Å². The van der Waals surface area contributed by atoms with E-state index in [2.05, 4.69) is 28.3 Å². The van der Waals surface area contributed by atoms with Gasteiger partial charge < -0.3 is 9.42 Å². The zero-order valence-electron chi connectivity index (χ0n) is 14.5. The molecule has 0 fully saturated rings. The van der Waals surface area contributed by atoms with Crippen LogP contribution in [0.25, 0.3) is 0 Å². The number of hydrogen-bond donors (Lipinski definition) is 0. The molecule has 1 aromatic carbocycles. The Hall–Kier alpha value is -2.60. The Morgan fingerprint density at radius 2 is 2.08 bits per heavy atom. The Morgan fingerprint density at radius 3 is 2.88 bits per heavy atom. The molecule has 1 amide bonds. The van der Waals surface area contributed by atoms with Crippen LogP contribution < -0.4 is 0 Å². The number of hydrogen-bond acceptors (Lipinski definition) is 5. The van der Waals surface area contributed by atoms with Gasteiger partial charge in [0, 0.05) is 31.1 Å². The van der Waals surface area contributed by atoms with Crippen LogP contribution >= 0.6 is 11.8 Å². The summed E-state index contributed by atoms with van der Waals surface area (Å²) in [5.41, 5.74) is 4.06. The molecular formula is C20H19N3O2S. The fourth-order valence-electron chi connectivity index (χ4n) is 3.14. The summed E-state index contributed by atoms with van der Waals surface area (Å²) in [5, 5.41) is 4.73. The van der Waals surface area contributed by atoms with Crippen molar-refractivity contribution >= 4 is 17.7 Å². The Bertz CT molecular complexity index is 938. The zero-order valence-corrected chi connectivity index (χ0v) is 15.3. The predicted molar refractivity (Wildman–Crippen MR) is 99.9 cm³/mol. The van der Waals surface area contributed by atoms with Crippen LogP contribution in [0.3, 0.4) is 0 Å². The van der Waals surface area contributed by atoms with Crippen LogP contribution in [0.15, 0.2) is 58.2 Å². The fourth-order valence-corrected chi connectivity index (χ4v) is 4.00. The van der Waals surface area contributed by atoms with Crippen molar-refractivity contribution in [3.8, 4) is 0 Å². The first kappa shape index (κ1) is 16.8. The van der Waals surface area contributed by atoms with E-state index in [1.165, 1.54) is 22.9 Å². The highest BCUT2D eigenvalue weighted by Crippen LogP contribution is 2.27. The highest BCUT2D eigenvalue weighted by atomic mass is 32.2. The number of carbonyl (C=O) groups is 1. The monoisotopic (exact) mass is 365 g/mol. The second kappa shape index (κ2) is 7.33. The van der Waals surface area contributed by atoms with Crippen LogP contribution in [-0.2, 0) is 18.7 Å². The van der Waals surface area contributed by atoms with E-state index in [-0.39, 0.29) is 5.91 Å². The molecule has 3 heterocycles. The van der Waals surface area contributed by atoms with Crippen molar-refractivity contribution in [3.63, 3.8) is 0 Å². The first-order valence-electron chi connectivity index (χ1n) is 8.57. The number of nitrogens with zero attached hydrogens (tertiary/aromatic N) is 3. The zero-order chi connectivity index (χ0) is 17.9. The van der Waals surface area contributed by atoms with Crippen molar-refractivity contribution in [2.75, 3.05) is 6.54 Å². The quantitative estimate of drug-likeness (QED) is 0.657. The van der Waals surface area contributed by atoms with Crippen LogP contribution in [0.5, 0.6) is 0 Å². The molecule has 1 aliphatic rings. The third-order valence-corrected chi connectivity index (χ3v) is 5.49. The number of carbonyl (C=O) groups excluding carboxylic acids is 1. The topological polar surface area (TPSA) is 59.2 Å². The number of rotatable bonds is 4. The van der Waals surface area contributed by atoms with Gasteiger partial charge in [-0.05, 0) is 36.6 Å². The molecule has 0 aliphatic carbocycles. The van der Waals surface area contributed by atoms with E-state index < -0.39 is 0 Å². The number of aryl methyl sites for hydroxylation is 1. The van der Waals surface area contributed by atoms with Gasteiger partial charge in [-0.15, -0.1) is 0 Å². The molecule has 132 valence electrons. The number of amides is 1. The molecule has 26 heavy (non-hydrogen) atoms. The second-order valence-electron chi connectivity index (χ2n) is 6.32. The Kier molecular flexibility index (Phi) is 4.75. The lowest BCUT2D eigenvalue weighted by Gasteiger charge is -2.29. The molecule has 4 rings (SSSR count). The maximum Gasteiger partial charge on any atom is 0.256 e. The van der Waals surface area contributed by atoms with E-state index in [0.29, 0.717) is 17.9 Å². The number of pyridine rings is 1. The van der Waals surface area contributed by atoms with E-state index in [1.54, 1.807) is 6.20 Å². The van der Waals surface area contributed by atoms with Gasteiger partial charge >= 0.3 is 0 Å². The van der Waals surface area contributed by atoms with E-state index in [0.717, 1.165) is 29.4 Å². The Morgan fingerprint density at radius 1 is 1.23 bits per heavy atom. The number of fused-ring (bicyclic) bond motifs is 1. The van der Waals surface area contributed by atoms with E-state index in [9.17, 15) is 4.79 Å². The number of benzene rings is 1. The van der Waals surface area contributed by atoms with Crippen molar-refractivity contribution in [2.24, 2.45) is 0 Å². The van der Waals surface area contributed by atoms with Crippen molar-refractivity contribution < 1.29 is 9.32 Å². The lowest BCUT2D eigenvalue weighted by atomic mass is 9.99. The summed E-state index contributed by atoms with van der Waals surface area (Å²) in [6.45, 7) is 3.25. The van der Waals surface area contributed by atoms with Crippen LogP contribution in [-0.4, -0.2) is 27.5 Å². The third kappa shape index (κ3) is 3.51. The summed E-state index contributed by atoms with van der Waals surface area (Å²) < 4.78 is 5.10. The summed E-state index contributed by atoms with van der Waals surface area (Å²) in [6.07, 6.45) is 2.61. The van der Waals surface area contributed by atoms with Gasteiger partial charge in [0.1, 0.15) is 10.8 Å². The summed E-state index contributed by atoms with van der Waals surface area (Å²) >= 11 is 1.51. The summed E-state index contributed by atoms with van der Waals surface area (Å²) in [5.74, 6) is 1.44. The number of aromatic nitrogens is 2. The van der Waals surface area contributed by atoms with E-state index >= 15 is 0 Å². The van der Waals surface area contributed by atoms with Gasteiger partial charge in [0.2, 0.25) is 0 Å². The average molecular weight is 365 g/mol. The SMILES string of the molecule is Cc1cc(CSc2ncccc2C(=O)N2CCc3ccccc3C2)no1. The molecule has 2 aromatic heterocycles. The van der Waals surface area contributed by atoms with Gasteiger partial charge in [0.05, 0.1) is 11.3 Å². The molecule has 6 heteroatoms. The van der Waals surface area contributed by atoms with Crippen molar-refractivity contribution in [2.45, 2.75) is 30.7 Å². The van der Waals surface area contributed by atoms with Gasteiger partial charge in [-0.2, -0.15) is 0 Å². The molecule has 0 atom stereocenters. The maximum absolute atomic E-state index is 13.1. The van der Waals surface area contributed by atoms with Crippen molar-refractivity contribution in [1.29, 1.82) is 0 Å². The molecule has 0 saturated heterocycles.